The summed E-state index contributed by atoms with van der Waals surface area (Å²) in [5.41, 5.74) is 7.83. The number of aromatic nitrogens is 2. The van der Waals surface area contributed by atoms with Crippen molar-refractivity contribution in [3.8, 4) is 11.3 Å². The van der Waals surface area contributed by atoms with Gasteiger partial charge in [-0.25, -0.2) is 0 Å². The van der Waals surface area contributed by atoms with Crippen molar-refractivity contribution in [2.24, 2.45) is 5.73 Å². The number of amides is 1. The number of rotatable bonds is 2. The number of nitrogens with two attached hydrogens (primary N) is 1. The van der Waals surface area contributed by atoms with E-state index in [2.05, 4.69) is 9.97 Å². The van der Waals surface area contributed by atoms with Crippen molar-refractivity contribution in [3.63, 3.8) is 0 Å². The zero-order valence-electron chi connectivity index (χ0n) is 10.5. The van der Waals surface area contributed by atoms with Crippen molar-refractivity contribution in [2.75, 3.05) is 0 Å². The lowest BCUT2D eigenvalue weighted by Gasteiger charge is -2.06. The standard InChI is InChI=1S/C15H11N3O2/c16-15(20)10-3-1-9(2-4-10)14-11-5-6-13(19)18-12(11)7-8-17-14/h1-8H,(H2,16,20)(H,18,19). The maximum Gasteiger partial charge on any atom is 0.248 e. The minimum Gasteiger partial charge on any atom is -0.366 e. The number of nitrogens with one attached hydrogen (secondary N) is 1. The summed E-state index contributed by atoms with van der Waals surface area (Å²) in [6.45, 7) is 0. The average Bonchev–Trinajstić information content (AvgIpc) is 2.46. The first-order valence-electron chi connectivity index (χ1n) is 6.03. The molecule has 0 atom stereocenters. The van der Waals surface area contributed by atoms with Crippen LogP contribution >= 0.6 is 0 Å². The summed E-state index contributed by atoms with van der Waals surface area (Å²) in [6.07, 6.45) is 1.63. The number of fused-ring (bicyclic) bond motifs is 1. The van der Waals surface area contributed by atoms with Crippen molar-refractivity contribution in [2.45, 2.75) is 0 Å². The quantitative estimate of drug-likeness (QED) is 0.739. The van der Waals surface area contributed by atoms with Crippen LogP contribution in [-0.4, -0.2) is 15.9 Å². The minimum atomic E-state index is -0.466. The van der Waals surface area contributed by atoms with Gasteiger partial charge >= 0.3 is 0 Å². The summed E-state index contributed by atoms with van der Waals surface area (Å²) in [4.78, 5) is 29.5. The van der Waals surface area contributed by atoms with Crippen LogP contribution in [-0.2, 0) is 0 Å². The maximum atomic E-state index is 11.3. The molecule has 2 heterocycles. The van der Waals surface area contributed by atoms with Crippen LogP contribution in [0.25, 0.3) is 22.2 Å². The number of benzene rings is 1. The van der Waals surface area contributed by atoms with E-state index in [4.69, 9.17) is 5.73 Å². The molecule has 98 valence electrons. The molecular weight excluding hydrogens is 254 g/mol. The van der Waals surface area contributed by atoms with E-state index in [0.717, 1.165) is 22.2 Å². The third-order valence-corrected chi connectivity index (χ3v) is 3.09. The molecule has 0 radical (unpaired) electrons. The molecule has 0 aliphatic carbocycles. The van der Waals surface area contributed by atoms with Crippen molar-refractivity contribution in [1.82, 2.24) is 9.97 Å². The van der Waals surface area contributed by atoms with Gasteiger partial charge < -0.3 is 10.7 Å². The molecule has 0 spiro atoms. The summed E-state index contributed by atoms with van der Waals surface area (Å²) in [5, 5.41) is 0.846. The highest BCUT2D eigenvalue weighted by Crippen LogP contribution is 2.24. The van der Waals surface area contributed by atoms with Gasteiger partial charge in [-0.2, -0.15) is 0 Å². The van der Waals surface area contributed by atoms with E-state index < -0.39 is 5.91 Å². The molecule has 0 saturated heterocycles. The lowest BCUT2D eigenvalue weighted by atomic mass is 10.0. The first-order valence-corrected chi connectivity index (χ1v) is 6.03. The van der Waals surface area contributed by atoms with Gasteiger partial charge in [0.25, 0.3) is 0 Å². The molecule has 0 unspecified atom stereocenters. The molecule has 1 amide bonds. The summed E-state index contributed by atoms with van der Waals surface area (Å²) >= 11 is 0. The first-order chi connectivity index (χ1) is 9.65. The minimum absolute atomic E-state index is 0.154. The monoisotopic (exact) mass is 265 g/mol. The second-order valence-corrected chi connectivity index (χ2v) is 4.38. The van der Waals surface area contributed by atoms with Crippen LogP contribution < -0.4 is 11.3 Å². The molecule has 5 heteroatoms. The lowest BCUT2D eigenvalue weighted by molar-refractivity contribution is 0.100. The molecule has 3 N–H and O–H groups in total. The average molecular weight is 265 g/mol. The van der Waals surface area contributed by atoms with Crippen LogP contribution in [0.4, 0.5) is 0 Å². The van der Waals surface area contributed by atoms with Crippen LogP contribution in [0.15, 0.2) is 53.5 Å². The fourth-order valence-electron chi connectivity index (χ4n) is 2.11. The van der Waals surface area contributed by atoms with Crippen LogP contribution in [0, 0.1) is 0 Å². The Hall–Kier alpha value is -2.95. The number of primary amides is 1. The molecule has 2 aromatic heterocycles. The van der Waals surface area contributed by atoms with Gasteiger partial charge in [-0.1, -0.05) is 12.1 Å². The van der Waals surface area contributed by atoms with Crippen LogP contribution in [0.2, 0.25) is 0 Å². The largest absolute Gasteiger partial charge is 0.366 e. The normalized spacial score (nSPS) is 10.6. The van der Waals surface area contributed by atoms with Gasteiger partial charge in [-0.05, 0) is 24.3 Å². The zero-order chi connectivity index (χ0) is 14.1. The Labute approximate surface area is 114 Å². The Morgan fingerprint density at radius 2 is 1.80 bits per heavy atom. The van der Waals surface area contributed by atoms with Gasteiger partial charge in [0.15, 0.2) is 0 Å². The highest BCUT2D eigenvalue weighted by Gasteiger charge is 2.07. The Bertz CT molecular complexity index is 851. The molecule has 0 bridgehead atoms. The van der Waals surface area contributed by atoms with E-state index in [9.17, 15) is 9.59 Å². The van der Waals surface area contributed by atoms with Crippen LogP contribution in [0.3, 0.4) is 0 Å². The lowest BCUT2D eigenvalue weighted by Crippen LogP contribution is -2.10. The summed E-state index contributed by atoms with van der Waals surface area (Å²) < 4.78 is 0. The Kier molecular flexibility index (Phi) is 2.80. The van der Waals surface area contributed by atoms with E-state index >= 15 is 0 Å². The van der Waals surface area contributed by atoms with E-state index in [-0.39, 0.29) is 5.56 Å². The fraction of sp³-hybridized carbons (Fsp3) is 0. The molecular formula is C15H11N3O2. The third kappa shape index (κ3) is 2.05. The Morgan fingerprint density at radius 1 is 1.05 bits per heavy atom. The number of H-pyrrole nitrogens is 1. The fourth-order valence-corrected chi connectivity index (χ4v) is 2.11. The number of hydrogen-bond donors (Lipinski definition) is 2. The number of carbonyl (C=O) groups is 1. The number of nitrogens with zero attached hydrogens (tertiary/aromatic N) is 1. The molecule has 3 aromatic rings. The van der Waals surface area contributed by atoms with Gasteiger partial charge in [0, 0.05) is 28.8 Å². The van der Waals surface area contributed by atoms with Gasteiger partial charge in [-0.3, -0.25) is 14.6 Å². The Morgan fingerprint density at radius 3 is 2.50 bits per heavy atom. The van der Waals surface area contributed by atoms with Crippen LogP contribution in [0.5, 0.6) is 0 Å². The van der Waals surface area contributed by atoms with Crippen molar-refractivity contribution < 1.29 is 4.79 Å². The summed E-state index contributed by atoms with van der Waals surface area (Å²) in [5.74, 6) is -0.466. The number of pyridine rings is 2. The molecule has 5 nitrogen and oxygen atoms in total. The highest BCUT2D eigenvalue weighted by atomic mass is 16.1. The van der Waals surface area contributed by atoms with E-state index in [1.807, 2.05) is 0 Å². The first kappa shape index (κ1) is 12.1. The molecule has 0 saturated carbocycles. The second kappa shape index (κ2) is 4.62. The maximum absolute atomic E-state index is 11.3. The molecule has 0 fully saturated rings. The third-order valence-electron chi connectivity index (χ3n) is 3.09. The van der Waals surface area contributed by atoms with Gasteiger partial charge in [-0.15, -0.1) is 0 Å². The predicted molar refractivity (Wildman–Crippen MR) is 76.3 cm³/mol. The van der Waals surface area contributed by atoms with Crippen molar-refractivity contribution >= 4 is 16.8 Å². The van der Waals surface area contributed by atoms with Crippen molar-refractivity contribution in [1.29, 1.82) is 0 Å². The zero-order valence-corrected chi connectivity index (χ0v) is 10.5. The predicted octanol–water partition coefficient (Wildman–Crippen LogP) is 1.69. The summed E-state index contributed by atoms with van der Waals surface area (Å²) in [7, 11) is 0. The molecule has 3 rings (SSSR count). The number of carbonyl (C=O) groups excluding carboxylic acids is 1. The smallest absolute Gasteiger partial charge is 0.248 e. The Balaban J connectivity index is 2.19. The van der Waals surface area contributed by atoms with Gasteiger partial charge in [0.05, 0.1) is 11.2 Å². The molecule has 0 aliphatic heterocycles. The van der Waals surface area contributed by atoms with Gasteiger partial charge in [0.2, 0.25) is 11.5 Å². The van der Waals surface area contributed by atoms with Crippen LogP contribution in [0.1, 0.15) is 10.4 Å². The number of hydrogen-bond acceptors (Lipinski definition) is 3. The van der Waals surface area contributed by atoms with Crippen molar-refractivity contribution in [3.05, 3.63) is 64.6 Å². The highest BCUT2D eigenvalue weighted by molar-refractivity contribution is 5.95. The van der Waals surface area contributed by atoms with E-state index in [1.165, 1.54) is 6.07 Å². The van der Waals surface area contributed by atoms with E-state index in [1.54, 1.807) is 42.6 Å². The topological polar surface area (TPSA) is 88.8 Å². The summed E-state index contributed by atoms with van der Waals surface area (Å²) in [6, 6.07) is 11.8. The van der Waals surface area contributed by atoms with E-state index in [0.29, 0.717) is 5.56 Å². The SMILES string of the molecule is NC(=O)c1ccc(-c2nccc3[nH]c(=O)ccc23)cc1. The molecule has 0 aliphatic rings. The molecule has 20 heavy (non-hydrogen) atoms. The second-order valence-electron chi connectivity index (χ2n) is 4.38. The van der Waals surface area contributed by atoms with Gasteiger partial charge in [0.1, 0.15) is 0 Å². The number of aromatic amines is 1. The molecule has 1 aromatic carbocycles.